The second kappa shape index (κ2) is 11.4. The molecule has 0 saturated carbocycles. The van der Waals surface area contributed by atoms with Crippen molar-refractivity contribution in [3.05, 3.63) is 82.5 Å². The van der Waals surface area contributed by atoms with Crippen molar-refractivity contribution in [2.24, 2.45) is 0 Å². The van der Waals surface area contributed by atoms with E-state index in [0.717, 1.165) is 19.3 Å². The van der Waals surface area contributed by atoms with Gasteiger partial charge < -0.3 is 4.42 Å². The van der Waals surface area contributed by atoms with Crippen molar-refractivity contribution in [2.45, 2.75) is 45.6 Å². The van der Waals surface area contributed by atoms with Crippen molar-refractivity contribution in [2.75, 3.05) is 0 Å². The van der Waals surface area contributed by atoms with Gasteiger partial charge in [-0.25, -0.2) is 14.1 Å². The van der Waals surface area contributed by atoms with Gasteiger partial charge in [-0.05, 0) is 36.8 Å². The fraction of sp³-hybridized carbons (Fsp3) is 0.269. The number of hydrazine groups is 1. The summed E-state index contributed by atoms with van der Waals surface area (Å²) in [4.78, 5) is 42.1. The number of oxazole rings is 1. The molecule has 4 rings (SSSR count). The molecule has 0 aliphatic heterocycles. The molecule has 2 amide bonds. The monoisotopic (exact) mass is 491 g/mol. The summed E-state index contributed by atoms with van der Waals surface area (Å²) in [5.74, 6) is -0.631. The normalized spacial score (nSPS) is 10.9. The maximum absolute atomic E-state index is 13.1. The Hall–Kier alpha value is -4.34. The number of aryl methyl sites for hydroxylation is 2. The Morgan fingerprint density at radius 2 is 1.78 bits per heavy atom. The van der Waals surface area contributed by atoms with Crippen LogP contribution >= 0.6 is 0 Å². The zero-order valence-electron chi connectivity index (χ0n) is 19.8. The first kappa shape index (κ1) is 24.8. The first-order valence-corrected chi connectivity index (χ1v) is 11.8. The number of hydrogen-bond donors (Lipinski definition) is 2. The molecule has 0 spiro atoms. The van der Waals surface area contributed by atoms with Crippen LogP contribution in [0.15, 0.2) is 63.9 Å². The molecule has 9 nitrogen and oxygen atoms in total. The molecule has 186 valence electrons. The number of benzene rings is 2. The van der Waals surface area contributed by atoms with Crippen LogP contribution < -0.4 is 16.4 Å². The van der Waals surface area contributed by atoms with Gasteiger partial charge in [-0.15, -0.1) is 0 Å². The zero-order chi connectivity index (χ0) is 25.5. The standard InChI is InChI=1S/C26H26FN5O4/c1-2-3-6-15-32-26(35)20-8-5-4-7-19(20)24(31-32)25(34)30-29-22(33)13-14-23-28-16-21(36-23)17-9-11-18(27)12-10-17/h4-5,7-12,16H,2-3,6,13-15H2,1H3,(H,29,33)(H,30,34). The van der Waals surface area contributed by atoms with E-state index in [2.05, 4.69) is 27.9 Å². The molecule has 0 fully saturated rings. The van der Waals surface area contributed by atoms with Crippen molar-refractivity contribution in [3.8, 4) is 11.3 Å². The van der Waals surface area contributed by atoms with Crippen LogP contribution in [-0.4, -0.2) is 26.6 Å². The minimum absolute atomic E-state index is 0.00828. The van der Waals surface area contributed by atoms with Crippen LogP contribution in [0.3, 0.4) is 0 Å². The smallest absolute Gasteiger partial charge is 0.290 e. The van der Waals surface area contributed by atoms with Crippen molar-refractivity contribution in [3.63, 3.8) is 0 Å². The lowest BCUT2D eigenvalue weighted by Crippen LogP contribution is -2.43. The van der Waals surface area contributed by atoms with Gasteiger partial charge in [0.2, 0.25) is 5.91 Å². The molecule has 0 atom stereocenters. The fourth-order valence-corrected chi connectivity index (χ4v) is 3.71. The molecule has 0 radical (unpaired) electrons. The molecular formula is C26H26FN5O4. The Labute approximate surface area is 206 Å². The van der Waals surface area contributed by atoms with Gasteiger partial charge in [0.25, 0.3) is 11.5 Å². The Bertz CT molecular complexity index is 1430. The van der Waals surface area contributed by atoms with E-state index in [4.69, 9.17) is 4.42 Å². The summed E-state index contributed by atoms with van der Waals surface area (Å²) in [5, 5.41) is 5.07. The molecule has 0 aliphatic carbocycles. The summed E-state index contributed by atoms with van der Waals surface area (Å²) < 4.78 is 20.0. The average Bonchev–Trinajstić information content (AvgIpc) is 3.37. The second-order valence-corrected chi connectivity index (χ2v) is 8.26. The number of rotatable bonds is 9. The summed E-state index contributed by atoms with van der Waals surface area (Å²) >= 11 is 0. The molecule has 2 aromatic carbocycles. The van der Waals surface area contributed by atoms with E-state index in [1.807, 2.05) is 0 Å². The van der Waals surface area contributed by atoms with Crippen LogP contribution in [0.25, 0.3) is 22.1 Å². The quantitative estimate of drug-likeness (QED) is 0.272. The van der Waals surface area contributed by atoms with Gasteiger partial charge in [-0.1, -0.05) is 38.0 Å². The third kappa shape index (κ3) is 5.83. The van der Waals surface area contributed by atoms with Crippen molar-refractivity contribution in [1.29, 1.82) is 0 Å². The Kier molecular flexibility index (Phi) is 7.84. The molecule has 2 heterocycles. The van der Waals surface area contributed by atoms with E-state index < -0.39 is 11.8 Å². The highest BCUT2D eigenvalue weighted by Gasteiger charge is 2.17. The number of carbonyl (C=O) groups is 2. The maximum Gasteiger partial charge on any atom is 0.290 e. The van der Waals surface area contributed by atoms with Crippen LogP contribution in [0.4, 0.5) is 4.39 Å². The minimum atomic E-state index is -0.626. The average molecular weight is 492 g/mol. The minimum Gasteiger partial charge on any atom is -0.441 e. The van der Waals surface area contributed by atoms with Gasteiger partial charge >= 0.3 is 0 Å². The van der Waals surface area contributed by atoms with Gasteiger partial charge in [0.05, 0.1) is 11.6 Å². The van der Waals surface area contributed by atoms with E-state index in [-0.39, 0.29) is 29.9 Å². The molecule has 0 unspecified atom stereocenters. The Morgan fingerprint density at radius 3 is 2.53 bits per heavy atom. The number of nitrogens with zero attached hydrogens (tertiary/aromatic N) is 3. The summed E-state index contributed by atoms with van der Waals surface area (Å²) in [6.45, 7) is 2.46. The molecule has 2 N–H and O–H groups in total. The fourth-order valence-electron chi connectivity index (χ4n) is 3.71. The third-order valence-electron chi connectivity index (χ3n) is 5.62. The van der Waals surface area contributed by atoms with E-state index >= 15 is 0 Å². The lowest BCUT2D eigenvalue weighted by atomic mass is 10.1. The Morgan fingerprint density at radius 1 is 1.03 bits per heavy atom. The van der Waals surface area contributed by atoms with Gasteiger partial charge in [-0.2, -0.15) is 5.10 Å². The number of halogens is 1. The molecule has 0 bridgehead atoms. The SMILES string of the molecule is CCCCCn1nc(C(=O)NNC(=O)CCc2ncc(-c3ccc(F)cc3)o2)c2ccccc2c1=O. The molecule has 0 aliphatic rings. The lowest BCUT2D eigenvalue weighted by Gasteiger charge is -2.11. The molecule has 10 heteroatoms. The van der Waals surface area contributed by atoms with Crippen LogP contribution in [0.5, 0.6) is 0 Å². The van der Waals surface area contributed by atoms with E-state index in [9.17, 15) is 18.8 Å². The number of aromatic nitrogens is 3. The first-order valence-electron chi connectivity index (χ1n) is 11.8. The molecule has 4 aromatic rings. The number of carbonyl (C=O) groups excluding carboxylic acids is 2. The summed E-state index contributed by atoms with van der Waals surface area (Å²) in [6.07, 6.45) is 4.41. The number of unbranched alkanes of at least 4 members (excludes halogenated alkanes) is 2. The van der Waals surface area contributed by atoms with Crippen molar-refractivity contribution in [1.82, 2.24) is 25.6 Å². The predicted octanol–water partition coefficient (Wildman–Crippen LogP) is 3.77. The number of nitrogens with one attached hydrogen (secondary N) is 2. The largest absolute Gasteiger partial charge is 0.441 e. The van der Waals surface area contributed by atoms with Crippen LogP contribution in [0, 0.1) is 5.82 Å². The summed E-state index contributed by atoms with van der Waals surface area (Å²) in [5.41, 5.74) is 5.21. The molecular weight excluding hydrogens is 465 g/mol. The summed E-state index contributed by atoms with van der Waals surface area (Å²) in [7, 11) is 0. The number of fused-ring (bicyclic) bond motifs is 1. The molecule has 36 heavy (non-hydrogen) atoms. The van der Waals surface area contributed by atoms with Gasteiger partial charge in [0.15, 0.2) is 17.3 Å². The van der Waals surface area contributed by atoms with E-state index in [1.54, 1.807) is 36.4 Å². The molecule has 2 aromatic heterocycles. The summed E-state index contributed by atoms with van der Waals surface area (Å²) in [6, 6.07) is 12.6. The van der Waals surface area contributed by atoms with Crippen molar-refractivity contribution >= 4 is 22.6 Å². The van der Waals surface area contributed by atoms with Crippen LogP contribution in [-0.2, 0) is 17.8 Å². The van der Waals surface area contributed by atoms with E-state index in [1.165, 1.54) is 23.0 Å². The van der Waals surface area contributed by atoms with Crippen LogP contribution in [0.2, 0.25) is 0 Å². The second-order valence-electron chi connectivity index (χ2n) is 8.26. The highest BCUT2D eigenvalue weighted by atomic mass is 19.1. The van der Waals surface area contributed by atoms with E-state index in [0.29, 0.717) is 34.5 Å². The van der Waals surface area contributed by atoms with Crippen LogP contribution in [0.1, 0.15) is 49.0 Å². The third-order valence-corrected chi connectivity index (χ3v) is 5.62. The van der Waals surface area contributed by atoms with Crippen molar-refractivity contribution < 1.29 is 18.4 Å². The molecule has 0 saturated heterocycles. The Balaban J connectivity index is 1.38. The number of amides is 2. The van der Waals surface area contributed by atoms with Gasteiger partial charge in [0.1, 0.15) is 5.82 Å². The van der Waals surface area contributed by atoms with Gasteiger partial charge in [0, 0.05) is 30.3 Å². The lowest BCUT2D eigenvalue weighted by molar-refractivity contribution is -0.121. The highest BCUT2D eigenvalue weighted by Crippen LogP contribution is 2.21. The maximum atomic E-state index is 13.1. The van der Waals surface area contributed by atoms with Gasteiger partial charge in [-0.3, -0.25) is 25.2 Å². The predicted molar refractivity (Wildman–Crippen MR) is 131 cm³/mol. The first-order chi connectivity index (χ1) is 17.5. The topological polar surface area (TPSA) is 119 Å². The number of hydrogen-bond acceptors (Lipinski definition) is 6. The highest BCUT2D eigenvalue weighted by molar-refractivity contribution is 6.05. The zero-order valence-corrected chi connectivity index (χ0v) is 19.8.